The summed E-state index contributed by atoms with van der Waals surface area (Å²) in [5.74, 6) is 0.950. The van der Waals surface area contributed by atoms with E-state index in [1.54, 1.807) is 6.20 Å². The highest BCUT2D eigenvalue weighted by atomic mass is 15.2. The zero-order valence-electron chi connectivity index (χ0n) is 9.73. The van der Waals surface area contributed by atoms with E-state index in [9.17, 15) is 0 Å². The Morgan fingerprint density at radius 2 is 1.87 bits per heavy atom. The van der Waals surface area contributed by atoms with Crippen LogP contribution in [0.25, 0.3) is 5.65 Å². The van der Waals surface area contributed by atoms with Crippen molar-refractivity contribution >= 4 is 5.65 Å². The molecule has 0 amide bonds. The SMILES string of the molecule is CC(C)c1cn2nccc2nc1C(C)C. The summed E-state index contributed by atoms with van der Waals surface area (Å²) in [7, 11) is 0. The highest BCUT2D eigenvalue weighted by molar-refractivity contribution is 5.40. The number of rotatable bonds is 2. The van der Waals surface area contributed by atoms with Gasteiger partial charge in [-0.1, -0.05) is 27.7 Å². The van der Waals surface area contributed by atoms with Crippen molar-refractivity contribution in [3.63, 3.8) is 0 Å². The number of aromatic nitrogens is 3. The van der Waals surface area contributed by atoms with Crippen LogP contribution in [0.5, 0.6) is 0 Å². The third-order valence-corrected chi connectivity index (χ3v) is 2.61. The van der Waals surface area contributed by atoms with Gasteiger partial charge in [0.25, 0.3) is 0 Å². The zero-order valence-corrected chi connectivity index (χ0v) is 9.73. The molecule has 0 aliphatic rings. The maximum Gasteiger partial charge on any atom is 0.155 e. The number of fused-ring (bicyclic) bond motifs is 1. The Kier molecular flexibility index (Phi) is 2.47. The lowest BCUT2D eigenvalue weighted by atomic mass is 9.97. The van der Waals surface area contributed by atoms with Crippen LogP contribution in [0.15, 0.2) is 18.5 Å². The molecule has 0 spiro atoms. The predicted molar refractivity (Wildman–Crippen MR) is 61.2 cm³/mol. The fourth-order valence-electron chi connectivity index (χ4n) is 1.79. The van der Waals surface area contributed by atoms with Gasteiger partial charge in [-0.3, -0.25) is 0 Å². The molecule has 15 heavy (non-hydrogen) atoms. The predicted octanol–water partition coefficient (Wildman–Crippen LogP) is 2.98. The first-order valence-corrected chi connectivity index (χ1v) is 5.43. The molecule has 0 radical (unpaired) electrons. The summed E-state index contributed by atoms with van der Waals surface area (Å²) in [6.45, 7) is 8.75. The summed E-state index contributed by atoms with van der Waals surface area (Å²) in [4.78, 5) is 4.66. The molecule has 0 saturated carbocycles. The first kappa shape index (κ1) is 10.1. The molecule has 2 aromatic heterocycles. The highest BCUT2D eigenvalue weighted by Gasteiger charge is 2.13. The molecule has 0 aromatic carbocycles. The summed E-state index contributed by atoms with van der Waals surface area (Å²) in [6.07, 6.45) is 3.89. The molecule has 0 aliphatic carbocycles. The largest absolute Gasteiger partial charge is 0.233 e. The fraction of sp³-hybridized carbons (Fsp3) is 0.500. The summed E-state index contributed by atoms with van der Waals surface area (Å²) in [6, 6.07) is 1.94. The van der Waals surface area contributed by atoms with Gasteiger partial charge in [-0.15, -0.1) is 0 Å². The van der Waals surface area contributed by atoms with Crippen LogP contribution in [0.4, 0.5) is 0 Å². The topological polar surface area (TPSA) is 30.2 Å². The van der Waals surface area contributed by atoms with Crippen molar-refractivity contribution in [1.29, 1.82) is 0 Å². The molecule has 2 rings (SSSR count). The van der Waals surface area contributed by atoms with Crippen molar-refractivity contribution in [3.8, 4) is 0 Å². The molecule has 3 heteroatoms. The monoisotopic (exact) mass is 203 g/mol. The van der Waals surface area contributed by atoms with Crippen molar-refractivity contribution in [2.45, 2.75) is 39.5 Å². The van der Waals surface area contributed by atoms with E-state index in [4.69, 9.17) is 0 Å². The minimum atomic E-state index is 0.460. The van der Waals surface area contributed by atoms with Crippen LogP contribution >= 0.6 is 0 Å². The minimum absolute atomic E-state index is 0.460. The van der Waals surface area contributed by atoms with Gasteiger partial charge in [0, 0.05) is 12.3 Å². The molecule has 2 heterocycles. The van der Waals surface area contributed by atoms with Crippen molar-refractivity contribution in [2.24, 2.45) is 0 Å². The molecular formula is C12H17N3. The van der Waals surface area contributed by atoms with Crippen LogP contribution in [0.3, 0.4) is 0 Å². The Labute approximate surface area is 90.1 Å². The van der Waals surface area contributed by atoms with Crippen LogP contribution < -0.4 is 0 Å². The third kappa shape index (κ3) is 1.74. The summed E-state index contributed by atoms with van der Waals surface area (Å²) in [5, 5.41) is 4.22. The summed E-state index contributed by atoms with van der Waals surface area (Å²) in [5.41, 5.74) is 3.42. The molecule has 2 aromatic rings. The van der Waals surface area contributed by atoms with Gasteiger partial charge >= 0.3 is 0 Å². The van der Waals surface area contributed by atoms with Crippen LogP contribution in [0.2, 0.25) is 0 Å². The first-order chi connectivity index (χ1) is 7.09. The smallest absolute Gasteiger partial charge is 0.155 e. The average Bonchev–Trinajstić information content (AvgIpc) is 2.61. The zero-order chi connectivity index (χ0) is 11.0. The van der Waals surface area contributed by atoms with E-state index in [0.29, 0.717) is 11.8 Å². The third-order valence-electron chi connectivity index (χ3n) is 2.61. The molecule has 0 fully saturated rings. The lowest BCUT2D eigenvalue weighted by molar-refractivity contribution is 0.738. The molecule has 80 valence electrons. The molecule has 0 unspecified atom stereocenters. The quantitative estimate of drug-likeness (QED) is 0.751. The van der Waals surface area contributed by atoms with Gasteiger partial charge in [-0.2, -0.15) is 5.10 Å². The summed E-state index contributed by atoms with van der Waals surface area (Å²) < 4.78 is 1.85. The second kappa shape index (κ2) is 3.65. The Morgan fingerprint density at radius 1 is 1.13 bits per heavy atom. The molecule has 0 atom stereocenters. The van der Waals surface area contributed by atoms with E-state index in [2.05, 4.69) is 44.0 Å². The van der Waals surface area contributed by atoms with Crippen LogP contribution in [-0.2, 0) is 0 Å². The molecule has 0 saturated heterocycles. The number of nitrogens with zero attached hydrogens (tertiary/aromatic N) is 3. The number of hydrogen-bond donors (Lipinski definition) is 0. The second-order valence-corrected chi connectivity index (χ2v) is 4.52. The van der Waals surface area contributed by atoms with Gasteiger partial charge in [-0.05, 0) is 17.4 Å². The van der Waals surface area contributed by atoms with Crippen molar-refractivity contribution in [2.75, 3.05) is 0 Å². The maximum absolute atomic E-state index is 4.66. The van der Waals surface area contributed by atoms with Gasteiger partial charge in [-0.25, -0.2) is 9.50 Å². The highest BCUT2D eigenvalue weighted by Crippen LogP contribution is 2.24. The Hall–Kier alpha value is -1.38. The molecule has 0 N–H and O–H groups in total. The van der Waals surface area contributed by atoms with E-state index in [1.807, 2.05) is 10.6 Å². The molecule has 0 aliphatic heterocycles. The fourth-order valence-corrected chi connectivity index (χ4v) is 1.79. The van der Waals surface area contributed by atoms with Gasteiger partial charge < -0.3 is 0 Å². The minimum Gasteiger partial charge on any atom is -0.233 e. The van der Waals surface area contributed by atoms with Crippen molar-refractivity contribution < 1.29 is 0 Å². The van der Waals surface area contributed by atoms with Crippen molar-refractivity contribution in [3.05, 3.63) is 29.7 Å². The van der Waals surface area contributed by atoms with E-state index in [0.717, 1.165) is 5.65 Å². The Bertz CT molecular complexity index is 427. The second-order valence-electron chi connectivity index (χ2n) is 4.52. The Morgan fingerprint density at radius 3 is 2.47 bits per heavy atom. The van der Waals surface area contributed by atoms with Crippen LogP contribution in [0.1, 0.15) is 50.8 Å². The average molecular weight is 203 g/mol. The maximum atomic E-state index is 4.66. The Balaban J connectivity index is 2.68. The van der Waals surface area contributed by atoms with Gasteiger partial charge in [0.15, 0.2) is 5.65 Å². The molecule has 3 nitrogen and oxygen atoms in total. The van der Waals surface area contributed by atoms with E-state index >= 15 is 0 Å². The lowest BCUT2D eigenvalue weighted by Gasteiger charge is -2.14. The molecule has 0 bridgehead atoms. The lowest BCUT2D eigenvalue weighted by Crippen LogP contribution is -2.05. The molecular weight excluding hydrogens is 186 g/mol. The van der Waals surface area contributed by atoms with E-state index < -0.39 is 0 Å². The van der Waals surface area contributed by atoms with Crippen LogP contribution in [0, 0.1) is 0 Å². The normalized spacial score (nSPS) is 11.9. The van der Waals surface area contributed by atoms with Gasteiger partial charge in [0.05, 0.1) is 11.9 Å². The van der Waals surface area contributed by atoms with Gasteiger partial charge in [0.2, 0.25) is 0 Å². The van der Waals surface area contributed by atoms with Gasteiger partial charge in [0.1, 0.15) is 0 Å². The summed E-state index contributed by atoms with van der Waals surface area (Å²) >= 11 is 0. The number of hydrogen-bond acceptors (Lipinski definition) is 2. The standard InChI is InChI=1S/C12H17N3/c1-8(2)10-7-15-11(5-6-13-15)14-12(10)9(3)4/h5-9H,1-4H3. The first-order valence-electron chi connectivity index (χ1n) is 5.43. The van der Waals surface area contributed by atoms with Crippen LogP contribution in [-0.4, -0.2) is 14.6 Å². The van der Waals surface area contributed by atoms with Crippen molar-refractivity contribution in [1.82, 2.24) is 14.6 Å². The van der Waals surface area contributed by atoms with E-state index in [1.165, 1.54) is 11.3 Å². The van der Waals surface area contributed by atoms with E-state index in [-0.39, 0.29) is 0 Å².